The van der Waals surface area contributed by atoms with Crippen LogP contribution in [0.4, 0.5) is 8.78 Å². The summed E-state index contributed by atoms with van der Waals surface area (Å²) in [6.07, 6.45) is 1.66. The molecular formula is C13H17F2NOS. The number of rotatable bonds is 4. The van der Waals surface area contributed by atoms with E-state index in [1.165, 1.54) is 6.07 Å². The van der Waals surface area contributed by atoms with Gasteiger partial charge in [-0.2, -0.15) is 0 Å². The number of nitrogens with one attached hydrogen (secondary N) is 1. The molecule has 0 saturated heterocycles. The summed E-state index contributed by atoms with van der Waals surface area (Å²) in [6.45, 7) is 4.75. The van der Waals surface area contributed by atoms with E-state index in [2.05, 4.69) is 5.32 Å². The molecule has 3 atom stereocenters. The Labute approximate surface area is 108 Å². The summed E-state index contributed by atoms with van der Waals surface area (Å²) in [4.78, 5) is 0.439. The van der Waals surface area contributed by atoms with Crippen LogP contribution in [0.5, 0.6) is 0 Å². The van der Waals surface area contributed by atoms with Crippen molar-refractivity contribution in [2.24, 2.45) is 0 Å². The lowest BCUT2D eigenvalue weighted by molar-refractivity contribution is 0.484. The quantitative estimate of drug-likeness (QED) is 0.914. The van der Waals surface area contributed by atoms with Gasteiger partial charge in [0.05, 0.1) is 16.0 Å². The minimum atomic E-state index is -1.26. The number of hydrogen-bond acceptors (Lipinski definition) is 2. The van der Waals surface area contributed by atoms with Gasteiger partial charge in [0.15, 0.2) is 11.6 Å². The second kappa shape index (κ2) is 5.45. The molecule has 1 aliphatic rings. The van der Waals surface area contributed by atoms with Crippen LogP contribution >= 0.6 is 0 Å². The molecule has 1 aliphatic heterocycles. The van der Waals surface area contributed by atoms with Crippen molar-refractivity contribution >= 4 is 10.8 Å². The number of halogens is 2. The minimum absolute atomic E-state index is 0.104. The second-order valence-electron chi connectivity index (χ2n) is 4.48. The van der Waals surface area contributed by atoms with Crippen molar-refractivity contribution in [3.63, 3.8) is 0 Å². The summed E-state index contributed by atoms with van der Waals surface area (Å²) in [5.41, 5.74) is 0.646. The van der Waals surface area contributed by atoms with E-state index in [0.717, 1.165) is 19.0 Å². The van der Waals surface area contributed by atoms with Gasteiger partial charge in [0, 0.05) is 10.9 Å². The predicted molar refractivity (Wildman–Crippen MR) is 67.9 cm³/mol. The highest BCUT2D eigenvalue weighted by atomic mass is 32.2. The molecule has 1 heterocycles. The first-order valence-corrected chi connectivity index (χ1v) is 7.44. The van der Waals surface area contributed by atoms with Gasteiger partial charge in [-0.15, -0.1) is 0 Å². The van der Waals surface area contributed by atoms with Crippen LogP contribution in [-0.2, 0) is 10.8 Å². The van der Waals surface area contributed by atoms with Crippen molar-refractivity contribution in [3.05, 3.63) is 29.3 Å². The molecule has 100 valence electrons. The van der Waals surface area contributed by atoms with Gasteiger partial charge in [0.2, 0.25) is 0 Å². The molecule has 0 amide bonds. The monoisotopic (exact) mass is 273 g/mol. The Morgan fingerprint density at radius 2 is 1.94 bits per heavy atom. The van der Waals surface area contributed by atoms with E-state index in [0.29, 0.717) is 16.9 Å². The zero-order valence-corrected chi connectivity index (χ0v) is 11.3. The SMILES string of the molecule is CCCNC1c2cc(F)c(F)cc2S(=O)C1CC. The lowest BCUT2D eigenvalue weighted by atomic mass is 10.0. The maximum absolute atomic E-state index is 13.3. The third-order valence-electron chi connectivity index (χ3n) is 3.27. The van der Waals surface area contributed by atoms with Gasteiger partial charge in [-0.3, -0.25) is 4.21 Å². The molecule has 1 aromatic rings. The molecule has 0 aliphatic carbocycles. The molecule has 2 nitrogen and oxygen atoms in total. The Kier molecular flexibility index (Phi) is 4.12. The van der Waals surface area contributed by atoms with Crippen LogP contribution in [0.1, 0.15) is 38.3 Å². The zero-order valence-electron chi connectivity index (χ0n) is 10.5. The molecule has 1 N–H and O–H groups in total. The Morgan fingerprint density at radius 1 is 1.28 bits per heavy atom. The summed E-state index contributed by atoms with van der Waals surface area (Å²) < 4.78 is 38.8. The number of hydrogen-bond donors (Lipinski definition) is 1. The molecule has 3 unspecified atom stereocenters. The van der Waals surface area contributed by atoms with E-state index in [9.17, 15) is 13.0 Å². The normalized spacial score (nSPS) is 26.3. The average Bonchev–Trinajstić information content (AvgIpc) is 2.60. The van der Waals surface area contributed by atoms with Gasteiger partial charge in [0.1, 0.15) is 0 Å². The molecule has 2 rings (SSSR count). The Bertz CT molecular complexity index is 478. The lowest BCUT2D eigenvalue weighted by Gasteiger charge is -2.19. The zero-order chi connectivity index (χ0) is 13.3. The first kappa shape index (κ1) is 13.6. The van der Waals surface area contributed by atoms with Gasteiger partial charge in [-0.1, -0.05) is 13.8 Å². The third-order valence-corrected chi connectivity index (χ3v) is 5.21. The van der Waals surface area contributed by atoms with E-state index >= 15 is 0 Å². The Hall–Kier alpha value is -0.810. The highest BCUT2D eigenvalue weighted by molar-refractivity contribution is 7.86. The third kappa shape index (κ3) is 2.21. The van der Waals surface area contributed by atoms with Gasteiger partial charge in [0.25, 0.3) is 0 Å². The van der Waals surface area contributed by atoms with E-state index in [-0.39, 0.29) is 11.3 Å². The van der Waals surface area contributed by atoms with Gasteiger partial charge in [-0.25, -0.2) is 8.78 Å². The van der Waals surface area contributed by atoms with Gasteiger partial charge >= 0.3 is 0 Å². The smallest absolute Gasteiger partial charge is 0.160 e. The largest absolute Gasteiger partial charge is 0.309 e. The molecule has 0 bridgehead atoms. The molecule has 0 spiro atoms. The lowest BCUT2D eigenvalue weighted by Crippen LogP contribution is -2.30. The minimum Gasteiger partial charge on any atom is -0.309 e. The Balaban J connectivity index is 2.42. The fourth-order valence-corrected chi connectivity index (χ4v) is 4.13. The number of fused-ring (bicyclic) bond motifs is 1. The van der Waals surface area contributed by atoms with Crippen LogP contribution in [0.3, 0.4) is 0 Å². The molecule has 1 aromatic carbocycles. The van der Waals surface area contributed by atoms with Crippen LogP contribution < -0.4 is 5.32 Å². The van der Waals surface area contributed by atoms with Crippen molar-refractivity contribution in [1.29, 1.82) is 0 Å². The molecule has 0 fully saturated rings. The van der Waals surface area contributed by atoms with Crippen molar-refractivity contribution in [2.45, 2.75) is 42.9 Å². The first-order valence-electron chi connectivity index (χ1n) is 6.23. The summed E-state index contributed by atoms with van der Waals surface area (Å²) in [5.74, 6) is -1.79. The summed E-state index contributed by atoms with van der Waals surface area (Å²) in [6, 6.07) is 2.13. The van der Waals surface area contributed by atoms with Crippen LogP contribution in [0.15, 0.2) is 17.0 Å². The van der Waals surface area contributed by atoms with Gasteiger partial charge < -0.3 is 5.32 Å². The fourth-order valence-electron chi connectivity index (χ4n) is 2.38. The second-order valence-corrected chi connectivity index (χ2v) is 6.12. The van der Waals surface area contributed by atoms with Crippen molar-refractivity contribution in [1.82, 2.24) is 5.32 Å². The van der Waals surface area contributed by atoms with Crippen molar-refractivity contribution in [2.75, 3.05) is 6.54 Å². The number of benzene rings is 1. The van der Waals surface area contributed by atoms with Crippen molar-refractivity contribution < 1.29 is 13.0 Å². The van der Waals surface area contributed by atoms with E-state index in [4.69, 9.17) is 0 Å². The average molecular weight is 273 g/mol. The summed E-state index contributed by atoms with van der Waals surface area (Å²) >= 11 is 0. The molecule has 0 saturated carbocycles. The summed E-state index contributed by atoms with van der Waals surface area (Å²) in [7, 11) is -1.26. The maximum atomic E-state index is 13.3. The highest BCUT2D eigenvalue weighted by Crippen LogP contribution is 2.38. The fraction of sp³-hybridized carbons (Fsp3) is 0.538. The highest BCUT2D eigenvalue weighted by Gasteiger charge is 2.38. The van der Waals surface area contributed by atoms with E-state index in [1.54, 1.807) is 0 Å². The Morgan fingerprint density at radius 3 is 2.56 bits per heavy atom. The molecule has 5 heteroatoms. The molecular weight excluding hydrogens is 256 g/mol. The maximum Gasteiger partial charge on any atom is 0.160 e. The van der Waals surface area contributed by atoms with Gasteiger partial charge in [-0.05, 0) is 37.1 Å². The predicted octanol–water partition coefficient (Wildman–Crippen LogP) is 2.91. The van der Waals surface area contributed by atoms with Crippen LogP contribution in [-0.4, -0.2) is 16.0 Å². The van der Waals surface area contributed by atoms with E-state index in [1.807, 2.05) is 13.8 Å². The van der Waals surface area contributed by atoms with E-state index < -0.39 is 22.4 Å². The topological polar surface area (TPSA) is 29.1 Å². The van der Waals surface area contributed by atoms with Crippen LogP contribution in [0.25, 0.3) is 0 Å². The van der Waals surface area contributed by atoms with Crippen LogP contribution in [0.2, 0.25) is 0 Å². The van der Waals surface area contributed by atoms with Crippen LogP contribution in [0, 0.1) is 11.6 Å². The standard InChI is InChI=1S/C13H17F2NOS/c1-3-5-16-13-8-6-9(14)10(15)7-12(8)18(17)11(13)4-2/h6-7,11,13,16H,3-5H2,1-2H3. The molecule has 18 heavy (non-hydrogen) atoms. The molecule has 0 radical (unpaired) electrons. The molecule has 0 aromatic heterocycles. The first-order chi connectivity index (χ1) is 8.60. The van der Waals surface area contributed by atoms with Crippen molar-refractivity contribution in [3.8, 4) is 0 Å². The summed E-state index contributed by atoms with van der Waals surface area (Å²) in [5, 5.41) is 3.18.